The molecule has 0 spiro atoms. The number of carbonyl (C=O) groups is 1. The van der Waals surface area contributed by atoms with E-state index in [1.807, 2.05) is 69.3 Å². The van der Waals surface area contributed by atoms with E-state index in [2.05, 4.69) is 0 Å². The van der Waals surface area contributed by atoms with Gasteiger partial charge in [0, 0.05) is 10.8 Å². The fourth-order valence-electron chi connectivity index (χ4n) is 3.77. The molecule has 136 valence electrons. The third kappa shape index (κ3) is 3.19. The lowest BCUT2D eigenvalue weighted by molar-refractivity contribution is -0.140. The summed E-state index contributed by atoms with van der Waals surface area (Å²) in [5.41, 5.74) is 0.868. The van der Waals surface area contributed by atoms with Gasteiger partial charge in [0.15, 0.2) is 0 Å². The number of esters is 1. The van der Waals surface area contributed by atoms with Crippen molar-refractivity contribution < 1.29 is 14.6 Å². The zero-order chi connectivity index (χ0) is 18.8. The number of carbonyl (C=O) groups excluding carboxylic acids is 1. The van der Waals surface area contributed by atoms with Crippen LogP contribution < -0.4 is 4.74 Å². The van der Waals surface area contributed by atoms with E-state index in [-0.39, 0.29) is 17.8 Å². The number of ether oxygens (including phenoxy) is 1. The Balaban J connectivity index is 2.27. The van der Waals surface area contributed by atoms with Crippen LogP contribution in [-0.4, -0.2) is 11.1 Å². The van der Waals surface area contributed by atoms with Crippen molar-refractivity contribution in [3.05, 3.63) is 54.1 Å². The van der Waals surface area contributed by atoms with Gasteiger partial charge in [-0.25, -0.2) is 0 Å². The molecule has 26 heavy (non-hydrogen) atoms. The average Bonchev–Trinajstić information content (AvgIpc) is 2.61. The van der Waals surface area contributed by atoms with Crippen molar-refractivity contribution in [2.24, 2.45) is 11.8 Å². The van der Waals surface area contributed by atoms with Crippen LogP contribution in [0.4, 0.5) is 0 Å². The average molecular weight is 350 g/mol. The normalized spacial score (nSPS) is 13.9. The molecule has 3 nitrogen and oxygen atoms in total. The molecular formula is C23H26O3. The van der Waals surface area contributed by atoms with E-state index in [1.165, 1.54) is 0 Å². The molecule has 3 rings (SSSR count). The second kappa shape index (κ2) is 7.46. The maximum absolute atomic E-state index is 12.8. The van der Waals surface area contributed by atoms with Crippen molar-refractivity contribution in [1.82, 2.24) is 0 Å². The first-order valence-corrected chi connectivity index (χ1v) is 9.28. The van der Waals surface area contributed by atoms with Crippen LogP contribution in [0.2, 0.25) is 0 Å². The second-order valence-corrected chi connectivity index (χ2v) is 7.19. The van der Waals surface area contributed by atoms with E-state index >= 15 is 0 Å². The molecule has 0 radical (unpaired) electrons. The van der Waals surface area contributed by atoms with Gasteiger partial charge in [0.2, 0.25) is 0 Å². The Morgan fingerprint density at radius 2 is 1.38 bits per heavy atom. The van der Waals surface area contributed by atoms with E-state index < -0.39 is 6.10 Å². The Morgan fingerprint density at radius 1 is 0.923 bits per heavy atom. The predicted molar refractivity (Wildman–Crippen MR) is 106 cm³/mol. The van der Waals surface area contributed by atoms with Gasteiger partial charge < -0.3 is 9.84 Å². The fourth-order valence-corrected chi connectivity index (χ4v) is 3.77. The molecule has 0 aliphatic heterocycles. The highest BCUT2D eigenvalue weighted by molar-refractivity contribution is 6.09. The minimum Gasteiger partial charge on any atom is -0.425 e. The summed E-state index contributed by atoms with van der Waals surface area (Å²) in [5, 5.41) is 13.9. The van der Waals surface area contributed by atoms with Crippen molar-refractivity contribution in [1.29, 1.82) is 0 Å². The van der Waals surface area contributed by atoms with Crippen LogP contribution in [0.15, 0.2) is 48.5 Å². The number of rotatable bonds is 5. The zero-order valence-corrected chi connectivity index (χ0v) is 15.8. The lowest BCUT2D eigenvalue weighted by Crippen LogP contribution is -2.24. The molecule has 1 N–H and O–H groups in total. The molecule has 0 bridgehead atoms. The van der Waals surface area contributed by atoms with Crippen molar-refractivity contribution in [3.8, 4) is 5.75 Å². The minimum absolute atomic E-state index is 0.135. The standard InChI is InChI=1S/C23H26O3/c1-5-16(14(2)3)23(25)26-22-19-12-8-6-10-17(19)21(15(4)24)18-11-7-9-13-20(18)22/h6-16,24H,5H2,1-4H3. The summed E-state index contributed by atoms with van der Waals surface area (Å²) in [7, 11) is 0. The van der Waals surface area contributed by atoms with Gasteiger partial charge in [0.25, 0.3) is 0 Å². The summed E-state index contributed by atoms with van der Waals surface area (Å²) in [4.78, 5) is 12.8. The fraction of sp³-hybridized carbons (Fsp3) is 0.348. The topological polar surface area (TPSA) is 46.5 Å². The molecule has 0 fully saturated rings. The monoisotopic (exact) mass is 350 g/mol. The number of benzene rings is 3. The van der Waals surface area contributed by atoms with Crippen LogP contribution >= 0.6 is 0 Å². The highest BCUT2D eigenvalue weighted by atomic mass is 16.5. The lowest BCUT2D eigenvalue weighted by atomic mass is 9.92. The molecule has 0 saturated heterocycles. The van der Waals surface area contributed by atoms with Crippen LogP contribution in [0.5, 0.6) is 5.75 Å². The summed E-state index contributed by atoms with van der Waals surface area (Å²) in [6, 6.07) is 15.6. The zero-order valence-electron chi connectivity index (χ0n) is 15.8. The summed E-state index contributed by atoms with van der Waals surface area (Å²) in [5.74, 6) is 0.484. The van der Waals surface area contributed by atoms with Crippen LogP contribution in [0.3, 0.4) is 0 Å². The van der Waals surface area contributed by atoms with E-state index in [0.717, 1.165) is 33.5 Å². The third-order valence-electron chi connectivity index (χ3n) is 5.09. The third-order valence-corrected chi connectivity index (χ3v) is 5.09. The van der Waals surface area contributed by atoms with Crippen LogP contribution in [0.25, 0.3) is 21.5 Å². The van der Waals surface area contributed by atoms with Gasteiger partial charge in [-0.2, -0.15) is 0 Å². The Hall–Kier alpha value is -2.39. The van der Waals surface area contributed by atoms with Crippen molar-refractivity contribution >= 4 is 27.5 Å². The molecule has 0 aromatic heterocycles. The number of aliphatic hydroxyl groups excluding tert-OH is 1. The highest BCUT2D eigenvalue weighted by Crippen LogP contribution is 2.41. The van der Waals surface area contributed by atoms with Gasteiger partial charge in [-0.15, -0.1) is 0 Å². The first-order valence-electron chi connectivity index (χ1n) is 9.28. The SMILES string of the molecule is CCC(C(=O)Oc1c2ccccc2c(C(C)O)c2ccccc12)C(C)C. The smallest absolute Gasteiger partial charge is 0.314 e. The summed E-state index contributed by atoms with van der Waals surface area (Å²) < 4.78 is 5.97. The molecule has 0 heterocycles. The predicted octanol–water partition coefficient (Wildman–Crippen LogP) is 5.63. The maximum atomic E-state index is 12.8. The maximum Gasteiger partial charge on any atom is 0.314 e. The molecule has 0 aliphatic carbocycles. The van der Waals surface area contributed by atoms with Gasteiger partial charge in [0.1, 0.15) is 5.75 Å². The van der Waals surface area contributed by atoms with Crippen LogP contribution in [0, 0.1) is 11.8 Å². The van der Waals surface area contributed by atoms with Crippen molar-refractivity contribution in [2.45, 2.75) is 40.2 Å². The van der Waals surface area contributed by atoms with Gasteiger partial charge >= 0.3 is 5.97 Å². The van der Waals surface area contributed by atoms with Crippen molar-refractivity contribution in [2.75, 3.05) is 0 Å². The van der Waals surface area contributed by atoms with Crippen LogP contribution in [-0.2, 0) is 4.79 Å². The first kappa shape index (κ1) is 18.4. The summed E-state index contributed by atoms with van der Waals surface area (Å²) >= 11 is 0. The highest BCUT2D eigenvalue weighted by Gasteiger charge is 2.25. The van der Waals surface area contributed by atoms with Gasteiger partial charge in [-0.05, 0) is 35.6 Å². The Bertz CT molecular complexity index is 884. The minimum atomic E-state index is -0.617. The molecule has 0 saturated carbocycles. The van der Waals surface area contributed by atoms with Crippen molar-refractivity contribution in [3.63, 3.8) is 0 Å². The number of hydrogen-bond donors (Lipinski definition) is 1. The molecule has 3 heteroatoms. The van der Waals surface area contributed by atoms with Gasteiger partial charge in [-0.1, -0.05) is 69.3 Å². The number of fused-ring (bicyclic) bond motifs is 2. The Morgan fingerprint density at radius 3 is 1.77 bits per heavy atom. The van der Waals surface area contributed by atoms with E-state index in [0.29, 0.717) is 5.75 Å². The molecule has 3 aromatic carbocycles. The molecule has 0 aliphatic rings. The quantitative estimate of drug-likeness (QED) is 0.368. The van der Waals surface area contributed by atoms with Gasteiger partial charge in [-0.3, -0.25) is 4.79 Å². The second-order valence-electron chi connectivity index (χ2n) is 7.19. The summed E-state index contributed by atoms with van der Waals surface area (Å²) in [6.07, 6.45) is 0.131. The molecular weight excluding hydrogens is 324 g/mol. The number of aliphatic hydroxyl groups is 1. The van der Waals surface area contributed by atoms with Gasteiger partial charge in [0.05, 0.1) is 12.0 Å². The molecule has 2 atom stereocenters. The molecule has 2 unspecified atom stereocenters. The largest absolute Gasteiger partial charge is 0.425 e. The lowest BCUT2D eigenvalue weighted by Gasteiger charge is -2.21. The van der Waals surface area contributed by atoms with Crippen LogP contribution in [0.1, 0.15) is 45.8 Å². The molecule has 3 aromatic rings. The first-order chi connectivity index (χ1) is 12.5. The van der Waals surface area contributed by atoms with E-state index in [4.69, 9.17) is 4.74 Å². The van der Waals surface area contributed by atoms with E-state index in [1.54, 1.807) is 6.92 Å². The Labute approximate surface area is 154 Å². The van der Waals surface area contributed by atoms with E-state index in [9.17, 15) is 9.90 Å². The molecule has 0 amide bonds. The summed E-state index contributed by atoms with van der Waals surface area (Å²) in [6.45, 7) is 7.87. The number of hydrogen-bond acceptors (Lipinski definition) is 3. The Kier molecular flexibility index (Phi) is 5.28.